The highest BCUT2D eigenvalue weighted by molar-refractivity contribution is 8.14. The van der Waals surface area contributed by atoms with Gasteiger partial charge in [-0.2, -0.15) is 26.3 Å². The molecule has 9 nitrogen and oxygen atoms in total. The Kier molecular flexibility index (Phi) is 38.2. The first-order valence-corrected chi connectivity index (χ1v) is 39.8. The Morgan fingerprint density at radius 2 is 0.602 bits per heavy atom. The van der Waals surface area contributed by atoms with E-state index in [1.807, 2.05) is 0 Å². The Hall–Kier alpha value is -1.51. The van der Waals surface area contributed by atoms with Crippen LogP contribution < -0.4 is 4.74 Å². The Labute approximate surface area is 510 Å². The summed E-state index contributed by atoms with van der Waals surface area (Å²) in [5.74, 6) is -0.560. The molecular weight excluding hydrogens is 1230 g/mol. The number of benzene rings is 2. The highest BCUT2D eigenvalue weighted by Crippen LogP contribution is 2.51. The van der Waals surface area contributed by atoms with Crippen LogP contribution in [-0.2, 0) is 59.2 Å². The minimum Gasteiger partial charge on any atom is -0.494 e. The number of hydrogen-bond donors (Lipinski definition) is 0. The summed E-state index contributed by atoms with van der Waals surface area (Å²) in [6.07, 6.45) is 46.2. The molecule has 0 bridgehead atoms. The van der Waals surface area contributed by atoms with Crippen molar-refractivity contribution < 1.29 is 64.8 Å². The molecule has 83 heavy (non-hydrogen) atoms. The van der Waals surface area contributed by atoms with Crippen molar-refractivity contribution in [1.82, 2.24) is 0 Å². The molecule has 0 fully saturated rings. The van der Waals surface area contributed by atoms with Crippen molar-refractivity contribution in [3.05, 3.63) is 52.6 Å². The van der Waals surface area contributed by atoms with Gasteiger partial charge in [0.1, 0.15) is 5.75 Å². The maximum absolute atomic E-state index is 16.1. The first-order chi connectivity index (χ1) is 39.2. The van der Waals surface area contributed by atoms with E-state index in [0.717, 1.165) is 70.6 Å². The lowest BCUT2D eigenvalue weighted by atomic mass is 9.99. The Bertz CT molecular complexity index is 2510. The highest BCUT2D eigenvalue weighted by Gasteiger charge is 2.57. The molecule has 0 spiro atoms. The van der Waals surface area contributed by atoms with Gasteiger partial charge in [-0.05, 0) is 55.2 Å². The van der Waals surface area contributed by atoms with Crippen LogP contribution >= 0.6 is 32.0 Å². The van der Waals surface area contributed by atoms with Crippen molar-refractivity contribution in [2.45, 2.75) is 315 Å². The third-order valence-electron chi connectivity index (χ3n) is 15.6. The molecule has 0 saturated heterocycles. The number of halogens is 9. The molecule has 484 valence electrons. The van der Waals surface area contributed by atoms with Crippen LogP contribution in [0.2, 0.25) is 0 Å². The maximum Gasteiger partial charge on any atom is 0.386 e. The van der Waals surface area contributed by atoms with E-state index in [9.17, 15) is 33.7 Å². The van der Waals surface area contributed by atoms with Crippen molar-refractivity contribution in [1.29, 1.82) is 0 Å². The molecule has 0 radical (unpaired) electrons. The smallest absolute Gasteiger partial charge is 0.386 e. The summed E-state index contributed by atoms with van der Waals surface area (Å²) in [6.45, 7) is 4.32. The van der Waals surface area contributed by atoms with Gasteiger partial charge in [-0.15, -0.1) is 0 Å². The molecule has 0 aliphatic carbocycles. The molecule has 2 aromatic rings. The summed E-state index contributed by atoms with van der Waals surface area (Å²) < 4.78 is 206. The van der Waals surface area contributed by atoms with Gasteiger partial charge < -0.3 is 4.74 Å². The normalized spacial score (nSPS) is 13.1. The lowest BCUT2D eigenvalue weighted by Crippen LogP contribution is -2.31. The number of aryl methyl sites for hydroxylation is 1. The zero-order valence-electron chi connectivity index (χ0n) is 49.7. The second kappa shape index (κ2) is 40.9. The minimum absolute atomic E-state index is 0.0906. The fourth-order valence-electron chi connectivity index (χ4n) is 10.6. The van der Waals surface area contributed by atoms with Gasteiger partial charge in [-0.3, -0.25) is 0 Å². The lowest BCUT2D eigenvalue weighted by Gasteiger charge is -2.26. The van der Waals surface area contributed by atoms with E-state index in [4.69, 9.17) is 36.8 Å². The van der Waals surface area contributed by atoms with Crippen LogP contribution in [0.3, 0.4) is 0 Å². The first-order valence-electron chi connectivity index (χ1n) is 31.4. The van der Waals surface area contributed by atoms with Crippen molar-refractivity contribution in [2.24, 2.45) is 0 Å². The van der Waals surface area contributed by atoms with E-state index >= 15 is 26.3 Å². The predicted octanol–water partition coefficient (Wildman–Crippen LogP) is 21.7. The van der Waals surface area contributed by atoms with Crippen LogP contribution in [0.4, 0.5) is 26.3 Å². The standard InChI is InChI=1S/C61H99Cl3F6O9S4/c1-3-5-7-9-11-13-15-17-19-21-23-25-27-29-31-33-35-37-39-41-43-45-52-49-55(60(67,68)82(63,75)76)58(56(50-52)61(69,70)83(64,77)78)80(71,72)57-47-46-53(51-54(57)59(65,66)81(62,73)74)79-48-44-42-40-38-36-34-32-30-28-26-24-22-20-18-16-14-12-10-8-6-4-2/h46-47,49-51H,3-45,48H2,1-2H3. The Balaban J connectivity index is 2.11. The average Bonchev–Trinajstić information content (AvgIpc) is 1.93. The van der Waals surface area contributed by atoms with Crippen LogP contribution in [0.5, 0.6) is 5.75 Å². The summed E-state index contributed by atoms with van der Waals surface area (Å²) in [5.41, 5.74) is -7.29. The Morgan fingerprint density at radius 3 is 0.880 bits per heavy atom. The molecule has 0 N–H and O–H groups in total. The molecule has 2 rings (SSSR count). The van der Waals surface area contributed by atoms with E-state index in [1.54, 1.807) is 0 Å². The van der Waals surface area contributed by atoms with Crippen LogP contribution in [0.15, 0.2) is 40.1 Å². The van der Waals surface area contributed by atoms with Gasteiger partial charge >= 0.3 is 42.9 Å². The van der Waals surface area contributed by atoms with Gasteiger partial charge in [-0.1, -0.05) is 271 Å². The molecule has 0 heterocycles. The van der Waals surface area contributed by atoms with Crippen molar-refractivity contribution in [3.63, 3.8) is 0 Å². The van der Waals surface area contributed by atoms with Gasteiger partial charge in [0.2, 0.25) is 9.84 Å². The second-order valence-electron chi connectivity index (χ2n) is 22.8. The topological polar surface area (TPSA) is 146 Å². The Morgan fingerprint density at radius 1 is 0.349 bits per heavy atom. The number of unbranched alkanes of at least 4 members (excludes halogenated alkanes) is 40. The van der Waals surface area contributed by atoms with Crippen molar-refractivity contribution >= 4 is 69.0 Å². The average molecular weight is 1330 g/mol. The van der Waals surface area contributed by atoms with Gasteiger partial charge in [0.05, 0.1) is 33.1 Å². The largest absolute Gasteiger partial charge is 0.494 e. The molecule has 0 aliphatic rings. The third-order valence-corrected chi connectivity index (χ3v) is 21.8. The monoisotopic (exact) mass is 1320 g/mol. The molecule has 2 aromatic carbocycles. The summed E-state index contributed by atoms with van der Waals surface area (Å²) in [4.78, 5) is -4.40. The SMILES string of the molecule is CCCCCCCCCCCCCCCCCCCCCCCOc1ccc(S(=O)(=O)c2c(C(F)(F)S(=O)(=O)Cl)cc(CCCCCCCCCCCCCCCCCCCCCCC)cc2C(F)(F)S(=O)(=O)Cl)c(C(F)(F)S(=O)(=O)Cl)c1. The highest BCUT2D eigenvalue weighted by atomic mass is 35.7. The van der Waals surface area contributed by atoms with Gasteiger partial charge in [0.25, 0.3) is 0 Å². The fraction of sp³-hybridized carbons (Fsp3) is 0.803. The lowest BCUT2D eigenvalue weighted by molar-refractivity contribution is 0.0796. The molecule has 0 aromatic heterocycles. The molecule has 0 atom stereocenters. The first kappa shape index (κ1) is 77.6. The number of rotatable bonds is 53. The maximum atomic E-state index is 16.1. The molecule has 0 amide bonds. The van der Waals surface area contributed by atoms with Crippen molar-refractivity contribution in [2.75, 3.05) is 6.61 Å². The molecular formula is C61H99Cl3F6O9S4. The third kappa shape index (κ3) is 28.7. The number of sulfone groups is 1. The number of alkyl halides is 6. The molecule has 0 saturated carbocycles. The summed E-state index contributed by atoms with van der Waals surface area (Å²) in [5, 5.41) is -16.6. The quantitative estimate of drug-likeness (QED) is 0.0359. The van der Waals surface area contributed by atoms with Gasteiger partial charge in [0.15, 0.2) is 0 Å². The number of ether oxygens (including phenoxy) is 1. The summed E-state index contributed by atoms with van der Waals surface area (Å²) >= 11 is 0. The fourth-order valence-corrected chi connectivity index (χ4v) is 14.7. The van der Waals surface area contributed by atoms with E-state index in [-0.39, 0.29) is 37.3 Å². The molecule has 0 aliphatic heterocycles. The van der Waals surface area contributed by atoms with Crippen molar-refractivity contribution in [3.8, 4) is 5.75 Å². The summed E-state index contributed by atoms with van der Waals surface area (Å²) in [7, 11) is -9.98. The van der Waals surface area contributed by atoms with E-state index in [0.29, 0.717) is 31.7 Å². The minimum atomic E-state index is -6.47. The second-order valence-corrected chi connectivity index (χ2v) is 32.5. The number of hydrogen-bond acceptors (Lipinski definition) is 9. The molecule has 0 unspecified atom stereocenters. The zero-order chi connectivity index (χ0) is 61.9. The van der Waals surface area contributed by atoms with Gasteiger partial charge in [0, 0.05) is 32.0 Å². The van der Waals surface area contributed by atoms with E-state index < -0.39 is 97.0 Å². The van der Waals surface area contributed by atoms with E-state index in [1.165, 1.54) is 167 Å². The van der Waals surface area contributed by atoms with E-state index in [2.05, 4.69) is 13.8 Å². The van der Waals surface area contributed by atoms with Crippen LogP contribution in [-0.4, -0.2) is 40.3 Å². The van der Waals surface area contributed by atoms with Crippen LogP contribution in [0.25, 0.3) is 0 Å². The van der Waals surface area contributed by atoms with Gasteiger partial charge in [-0.25, -0.2) is 33.7 Å². The van der Waals surface area contributed by atoms with Crippen LogP contribution in [0.1, 0.15) is 306 Å². The van der Waals surface area contributed by atoms with Crippen LogP contribution in [0, 0.1) is 0 Å². The summed E-state index contributed by atoms with van der Waals surface area (Å²) in [6, 6.07) is 1.59. The predicted molar refractivity (Wildman–Crippen MR) is 329 cm³/mol. The zero-order valence-corrected chi connectivity index (χ0v) is 55.2. The molecule has 22 heteroatoms.